The predicted octanol–water partition coefficient (Wildman–Crippen LogP) is 4.61. The lowest BCUT2D eigenvalue weighted by Crippen LogP contribution is -2.27. The van der Waals surface area contributed by atoms with E-state index in [0.29, 0.717) is 23.8 Å². The van der Waals surface area contributed by atoms with E-state index in [9.17, 15) is 0 Å². The Hall–Kier alpha value is -2.64. The molecular weight excluding hydrogens is 386 g/mol. The minimum atomic E-state index is 0.219. The Morgan fingerprint density at radius 3 is 2.72 bits per heavy atom. The highest BCUT2D eigenvalue weighted by Gasteiger charge is 2.29. The minimum absolute atomic E-state index is 0.219. The molecule has 29 heavy (non-hydrogen) atoms. The molecule has 4 rings (SSSR count). The highest BCUT2D eigenvalue weighted by molar-refractivity contribution is 7.71. The molecule has 1 aliphatic rings. The van der Waals surface area contributed by atoms with E-state index in [-0.39, 0.29) is 6.04 Å². The number of likely N-dealkylation sites (tertiary alicyclic amines) is 1. The molecule has 0 unspecified atom stereocenters. The summed E-state index contributed by atoms with van der Waals surface area (Å²) in [6, 6.07) is 16.3. The second-order valence-corrected chi connectivity index (χ2v) is 7.49. The summed E-state index contributed by atoms with van der Waals surface area (Å²) in [4.78, 5) is 2.77. The molecule has 1 aliphatic heterocycles. The predicted molar refractivity (Wildman–Crippen MR) is 113 cm³/mol. The third-order valence-corrected chi connectivity index (χ3v) is 5.62. The molecule has 152 valence electrons. The molecule has 1 saturated heterocycles. The first-order valence-electron chi connectivity index (χ1n) is 9.74. The van der Waals surface area contributed by atoms with Gasteiger partial charge in [-0.2, -0.15) is 0 Å². The Morgan fingerprint density at radius 2 is 1.97 bits per heavy atom. The molecule has 2 aromatic carbocycles. The number of benzene rings is 2. The lowest BCUT2D eigenvalue weighted by molar-refractivity contribution is 0.184. The van der Waals surface area contributed by atoms with E-state index in [1.165, 1.54) is 0 Å². The highest BCUT2D eigenvalue weighted by atomic mass is 32.1. The zero-order chi connectivity index (χ0) is 20.2. The Labute approximate surface area is 175 Å². The number of ether oxygens (including phenoxy) is 2. The molecule has 0 radical (unpaired) electrons. The van der Waals surface area contributed by atoms with Crippen molar-refractivity contribution in [1.29, 1.82) is 0 Å². The van der Waals surface area contributed by atoms with Crippen molar-refractivity contribution >= 4 is 12.2 Å². The topological polar surface area (TPSA) is 52.7 Å². The third-order valence-electron chi connectivity index (χ3n) is 5.32. The van der Waals surface area contributed by atoms with Crippen molar-refractivity contribution in [2.75, 3.05) is 20.8 Å². The molecule has 1 fully saturated rings. The minimum Gasteiger partial charge on any atom is -0.497 e. The SMILES string of the molecule is COc1ccc(OC)c([C@@H]2CCCN2Cn2nc(Cc3ccccc3)oc2=S)c1. The molecule has 0 spiro atoms. The lowest BCUT2D eigenvalue weighted by Gasteiger charge is -2.26. The quantitative estimate of drug-likeness (QED) is 0.529. The molecule has 0 saturated carbocycles. The Bertz CT molecular complexity index is 1020. The van der Waals surface area contributed by atoms with E-state index in [4.69, 9.17) is 26.1 Å². The van der Waals surface area contributed by atoms with Crippen LogP contribution in [0.4, 0.5) is 0 Å². The van der Waals surface area contributed by atoms with Crippen LogP contribution in [0.2, 0.25) is 0 Å². The van der Waals surface area contributed by atoms with Crippen molar-refractivity contribution in [1.82, 2.24) is 14.7 Å². The lowest BCUT2D eigenvalue weighted by atomic mass is 10.0. The molecule has 0 amide bonds. The standard InChI is InChI=1S/C22H25N3O3S/c1-26-17-10-11-20(27-2)18(14-17)19-9-6-12-24(19)15-25-22(29)28-21(23-25)13-16-7-4-3-5-8-16/h3-5,7-8,10-11,14,19H,6,9,12-13,15H2,1-2H3/t19-/m0/s1. The zero-order valence-electron chi connectivity index (χ0n) is 16.7. The average molecular weight is 412 g/mol. The number of rotatable bonds is 7. The van der Waals surface area contributed by atoms with Crippen molar-refractivity contribution in [2.45, 2.75) is 32.0 Å². The van der Waals surface area contributed by atoms with E-state index in [2.05, 4.69) is 28.2 Å². The largest absolute Gasteiger partial charge is 0.497 e. The van der Waals surface area contributed by atoms with Crippen LogP contribution in [-0.2, 0) is 13.1 Å². The Morgan fingerprint density at radius 1 is 1.14 bits per heavy atom. The van der Waals surface area contributed by atoms with Crippen molar-refractivity contribution in [3.05, 3.63) is 70.4 Å². The molecule has 7 heteroatoms. The van der Waals surface area contributed by atoms with Gasteiger partial charge in [-0.05, 0) is 48.8 Å². The molecule has 6 nitrogen and oxygen atoms in total. The second-order valence-electron chi connectivity index (χ2n) is 7.14. The van der Waals surface area contributed by atoms with Gasteiger partial charge < -0.3 is 13.9 Å². The summed E-state index contributed by atoms with van der Waals surface area (Å²) < 4.78 is 18.6. The van der Waals surface area contributed by atoms with E-state index in [1.54, 1.807) is 18.9 Å². The normalized spacial score (nSPS) is 16.8. The first kappa shape index (κ1) is 19.7. The Kier molecular flexibility index (Phi) is 5.97. The smallest absolute Gasteiger partial charge is 0.288 e. The fourth-order valence-corrected chi connectivity index (χ4v) is 4.09. The van der Waals surface area contributed by atoms with Gasteiger partial charge in [-0.1, -0.05) is 30.3 Å². The van der Waals surface area contributed by atoms with Crippen LogP contribution in [-0.4, -0.2) is 35.4 Å². The van der Waals surface area contributed by atoms with Crippen molar-refractivity contribution in [3.8, 4) is 11.5 Å². The number of methoxy groups -OCH3 is 2. The summed E-state index contributed by atoms with van der Waals surface area (Å²) in [7, 11) is 3.38. The van der Waals surface area contributed by atoms with Crippen LogP contribution >= 0.6 is 12.2 Å². The highest BCUT2D eigenvalue weighted by Crippen LogP contribution is 2.39. The van der Waals surface area contributed by atoms with Crippen molar-refractivity contribution < 1.29 is 13.9 Å². The second kappa shape index (κ2) is 8.80. The van der Waals surface area contributed by atoms with Crippen LogP contribution in [0.15, 0.2) is 52.9 Å². The summed E-state index contributed by atoms with van der Waals surface area (Å²) in [6.07, 6.45) is 2.78. The van der Waals surface area contributed by atoms with E-state index in [1.807, 2.05) is 30.3 Å². The number of aromatic nitrogens is 2. The van der Waals surface area contributed by atoms with Crippen LogP contribution in [0.5, 0.6) is 11.5 Å². The van der Waals surface area contributed by atoms with Crippen LogP contribution in [0.25, 0.3) is 0 Å². The molecule has 1 atom stereocenters. The summed E-state index contributed by atoms with van der Waals surface area (Å²) in [6.45, 7) is 1.55. The van der Waals surface area contributed by atoms with Crippen LogP contribution in [0.3, 0.4) is 0 Å². The van der Waals surface area contributed by atoms with Gasteiger partial charge in [0.05, 0.1) is 27.3 Å². The van der Waals surface area contributed by atoms with Gasteiger partial charge in [0.1, 0.15) is 11.5 Å². The van der Waals surface area contributed by atoms with Gasteiger partial charge in [-0.15, -0.1) is 5.10 Å². The van der Waals surface area contributed by atoms with E-state index >= 15 is 0 Å². The van der Waals surface area contributed by atoms with Gasteiger partial charge in [0.15, 0.2) is 0 Å². The molecule has 1 aromatic heterocycles. The molecule has 0 bridgehead atoms. The number of hydrogen-bond acceptors (Lipinski definition) is 6. The summed E-state index contributed by atoms with van der Waals surface area (Å²) >= 11 is 5.43. The van der Waals surface area contributed by atoms with E-state index in [0.717, 1.165) is 42.0 Å². The van der Waals surface area contributed by atoms with Gasteiger partial charge in [0.25, 0.3) is 4.84 Å². The molecular formula is C22H25N3O3S. The fraction of sp³-hybridized carbons (Fsp3) is 0.364. The van der Waals surface area contributed by atoms with Gasteiger partial charge >= 0.3 is 0 Å². The maximum Gasteiger partial charge on any atom is 0.288 e. The van der Waals surface area contributed by atoms with Gasteiger partial charge in [0, 0.05) is 18.2 Å². The van der Waals surface area contributed by atoms with Gasteiger partial charge in [-0.3, -0.25) is 4.90 Å². The fourth-order valence-electron chi connectivity index (χ4n) is 3.90. The maximum atomic E-state index is 5.75. The van der Waals surface area contributed by atoms with Crippen molar-refractivity contribution in [3.63, 3.8) is 0 Å². The first-order chi connectivity index (χ1) is 14.2. The summed E-state index contributed by atoms with van der Waals surface area (Å²) in [5.74, 6) is 2.34. The van der Waals surface area contributed by atoms with Gasteiger partial charge in [0.2, 0.25) is 5.89 Å². The van der Waals surface area contributed by atoms with Crippen LogP contribution in [0.1, 0.15) is 35.9 Å². The summed E-state index contributed by atoms with van der Waals surface area (Å²) in [5.41, 5.74) is 2.28. The monoisotopic (exact) mass is 411 g/mol. The van der Waals surface area contributed by atoms with E-state index < -0.39 is 0 Å². The van der Waals surface area contributed by atoms with Gasteiger partial charge in [-0.25, -0.2) is 4.68 Å². The third kappa shape index (κ3) is 4.36. The van der Waals surface area contributed by atoms with Crippen LogP contribution in [0, 0.1) is 4.84 Å². The molecule has 2 heterocycles. The summed E-state index contributed by atoms with van der Waals surface area (Å²) in [5, 5.41) is 4.62. The van der Waals surface area contributed by atoms with Crippen LogP contribution < -0.4 is 9.47 Å². The maximum absolute atomic E-state index is 5.75. The molecule has 0 aliphatic carbocycles. The molecule has 0 N–H and O–H groups in total. The number of hydrogen-bond donors (Lipinski definition) is 0. The Balaban J connectivity index is 1.54. The average Bonchev–Trinajstić information content (AvgIpc) is 3.34. The zero-order valence-corrected chi connectivity index (χ0v) is 17.5. The first-order valence-corrected chi connectivity index (χ1v) is 10.2. The molecule has 3 aromatic rings. The number of nitrogens with zero attached hydrogens (tertiary/aromatic N) is 3. The van der Waals surface area contributed by atoms with Crippen molar-refractivity contribution in [2.24, 2.45) is 0 Å².